The Morgan fingerprint density at radius 3 is 2.41 bits per heavy atom. The number of sulfonamides is 1. The summed E-state index contributed by atoms with van der Waals surface area (Å²) >= 11 is 1.06. The minimum atomic E-state index is -4.00. The number of halogens is 1. The lowest BCUT2D eigenvalue weighted by Gasteiger charge is -2.10. The number of ether oxygens (including phenoxy) is 1. The van der Waals surface area contributed by atoms with E-state index in [0.717, 1.165) is 42.7 Å². The predicted octanol–water partition coefficient (Wildman–Crippen LogP) is 3.44. The molecule has 0 saturated carbocycles. The van der Waals surface area contributed by atoms with Crippen molar-refractivity contribution in [3.8, 4) is 0 Å². The summed E-state index contributed by atoms with van der Waals surface area (Å²) < 4.78 is 44.7. The molecule has 0 saturated heterocycles. The number of alkyl carbamates (subject to hydrolysis) is 1. The number of rotatable bonds is 6. The summed E-state index contributed by atoms with van der Waals surface area (Å²) in [5, 5.41) is 6.29. The summed E-state index contributed by atoms with van der Waals surface area (Å²) in [6.07, 6.45) is -0.945. The first-order chi connectivity index (χ1) is 15.2. The highest BCUT2D eigenvalue weighted by Crippen LogP contribution is 2.25. The maximum atomic E-state index is 13.1. The minimum absolute atomic E-state index is 0.0573. The summed E-state index contributed by atoms with van der Waals surface area (Å²) in [7, 11) is -2.89. The van der Waals surface area contributed by atoms with Gasteiger partial charge >= 0.3 is 6.09 Å². The smallest absolute Gasteiger partial charge is 0.413 e. The van der Waals surface area contributed by atoms with Crippen LogP contribution in [0, 0.1) is 5.82 Å². The van der Waals surface area contributed by atoms with Crippen molar-refractivity contribution in [3.63, 3.8) is 0 Å². The Balaban J connectivity index is 1.75. The second kappa shape index (κ2) is 9.58. The Morgan fingerprint density at radius 1 is 1.00 bits per heavy atom. The second-order valence-corrected chi connectivity index (χ2v) is 8.80. The van der Waals surface area contributed by atoms with Crippen LogP contribution in [0.4, 0.5) is 19.9 Å². The van der Waals surface area contributed by atoms with Crippen molar-refractivity contribution < 1.29 is 31.9 Å². The number of amides is 3. The third-order valence-corrected chi connectivity index (χ3v) is 6.27. The van der Waals surface area contributed by atoms with Gasteiger partial charge in [-0.3, -0.25) is 19.6 Å². The maximum absolute atomic E-state index is 13.1. The van der Waals surface area contributed by atoms with E-state index in [4.69, 9.17) is 0 Å². The number of imide groups is 1. The predicted molar refractivity (Wildman–Crippen MR) is 116 cm³/mol. The molecule has 12 heteroatoms. The van der Waals surface area contributed by atoms with Crippen molar-refractivity contribution in [1.82, 2.24) is 5.32 Å². The van der Waals surface area contributed by atoms with E-state index in [0.29, 0.717) is 0 Å². The zero-order valence-corrected chi connectivity index (χ0v) is 18.1. The normalized spacial score (nSPS) is 10.8. The molecule has 166 valence electrons. The molecule has 3 rings (SSSR count). The average Bonchev–Trinajstić information content (AvgIpc) is 3.22. The largest absolute Gasteiger partial charge is 0.453 e. The van der Waals surface area contributed by atoms with Gasteiger partial charge in [0.2, 0.25) is 0 Å². The molecule has 0 aliphatic rings. The van der Waals surface area contributed by atoms with E-state index < -0.39 is 33.7 Å². The molecule has 1 heterocycles. The standard InChI is InChI=1S/C20H16FN3O6S2/c1-30-20(27)23-18(26)16-9-10-31-19(16)22-17(25)12-3-2-4-14(11-12)24-32(28,29)15-7-5-13(21)6-8-15/h2-11,24H,1H3,(H,22,25)(H,23,26,27). The van der Waals surface area contributed by atoms with Gasteiger partial charge in [0.25, 0.3) is 21.8 Å². The summed E-state index contributed by atoms with van der Waals surface area (Å²) in [5.74, 6) is -1.94. The first kappa shape index (κ1) is 22.9. The third-order valence-electron chi connectivity index (χ3n) is 4.04. The maximum Gasteiger partial charge on any atom is 0.413 e. The van der Waals surface area contributed by atoms with Gasteiger partial charge in [-0.25, -0.2) is 17.6 Å². The Hall–Kier alpha value is -3.77. The molecular formula is C20H16FN3O6S2. The Labute approximate surface area is 186 Å². The number of carbonyl (C=O) groups is 3. The summed E-state index contributed by atoms with van der Waals surface area (Å²) in [6, 6.07) is 11.4. The summed E-state index contributed by atoms with van der Waals surface area (Å²) in [6.45, 7) is 0. The van der Waals surface area contributed by atoms with E-state index in [9.17, 15) is 27.2 Å². The Kier molecular flexibility index (Phi) is 6.85. The van der Waals surface area contributed by atoms with Gasteiger partial charge in [0.1, 0.15) is 10.8 Å². The van der Waals surface area contributed by atoms with Crippen molar-refractivity contribution in [2.24, 2.45) is 0 Å². The molecule has 0 spiro atoms. The van der Waals surface area contributed by atoms with Gasteiger partial charge in [-0.05, 0) is 53.9 Å². The van der Waals surface area contributed by atoms with Gasteiger partial charge in [-0.1, -0.05) is 6.07 Å². The van der Waals surface area contributed by atoms with E-state index in [2.05, 4.69) is 14.8 Å². The molecule has 2 aromatic carbocycles. The van der Waals surface area contributed by atoms with Gasteiger partial charge < -0.3 is 10.1 Å². The minimum Gasteiger partial charge on any atom is -0.453 e. The van der Waals surface area contributed by atoms with E-state index in [1.165, 1.54) is 30.3 Å². The zero-order valence-electron chi connectivity index (χ0n) is 16.4. The molecule has 3 aromatic rings. The molecule has 3 N–H and O–H groups in total. The first-order valence-corrected chi connectivity index (χ1v) is 11.2. The van der Waals surface area contributed by atoms with Gasteiger partial charge in [0, 0.05) is 11.3 Å². The molecule has 3 amide bonds. The number of carbonyl (C=O) groups excluding carboxylic acids is 3. The molecule has 0 fully saturated rings. The number of methoxy groups -OCH3 is 1. The van der Waals surface area contributed by atoms with Gasteiger partial charge in [-0.15, -0.1) is 11.3 Å². The van der Waals surface area contributed by atoms with Crippen LogP contribution in [0.3, 0.4) is 0 Å². The molecule has 0 unspecified atom stereocenters. The number of anilines is 2. The highest BCUT2D eigenvalue weighted by atomic mass is 32.2. The van der Waals surface area contributed by atoms with E-state index >= 15 is 0 Å². The fraction of sp³-hybridized carbons (Fsp3) is 0.0500. The van der Waals surface area contributed by atoms with Crippen LogP contribution in [0.2, 0.25) is 0 Å². The van der Waals surface area contributed by atoms with Crippen LogP contribution in [-0.2, 0) is 14.8 Å². The van der Waals surface area contributed by atoms with Crippen LogP contribution >= 0.6 is 11.3 Å². The second-order valence-electron chi connectivity index (χ2n) is 6.20. The first-order valence-electron chi connectivity index (χ1n) is 8.86. The molecular weight excluding hydrogens is 461 g/mol. The lowest BCUT2D eigenvalue weighted by Crippen LogP contribution is -2.30. The lowest BCUT2D eigenvalue weighted by molar-refractivity contribution is 0.0938. The van der Waals surface area contributed by atoms with Crippen LogP contribution < -0.4 is 15.4 Å². The van der Waals surface area contributed by atoms with Crippen molar-refractivity contribution >= 4 is 50.0 Å². The number of thiophene rings is 1. The van der Waals surface area contributed by atoms with E-state index in [-0.39, 0.29) is 26.7 Å². The topological polar surface area (TPSA) is 131 Å². The molecule has 0 atom stereocenters. The van der Waals surface area contributed by atoms with Crippen molar-refractivity contribution in [2.45, 2.75) is 4.90 Å². The molecule has 32 heavy (non-hydrogen) atoms. The number of benzene rings is 2. The highest BCUT2D eigenvalue weighted by molar-refractivity contribution is 7.92. The number of hydrogen-bond donors (Lipinski definition) is 3. The van der Waals surface area contributed by atoms with Gasteiger partial charge in [-0.2, -0.15) is 0 Å². The molecule has 0 aliphatic heterocycles. The fourth-order valence-corrected chi connectivity index (χ4v) is 4.35. The van der Waals surface area contributed by atoms with Crippen molar-refractivity contribution in [3.05, 3.63) is 76.9 Å². The lowest BCUT2D eigenvalue weighted by atomic mass is 10.2. The SMILES string of the molecule is COC(=O)NC(=O)c1ccsc1NC(=O)c1cccc(NS(=O)(=O)c2ccc(F)cc2)c1. The van der Waals surface area contributed by atoms with Crippen LogP contribution in [0.15, 0.2) is 64.9 Å². The average molecular weight is 477 g/mol. The Bertz CT molecular complexity index is 1270. The van der Waals surface area contributed by atoms with Crippen LogP contribution in [0.25, 0.3) is 0 Å². The number of nitrogens with one attached hydrogen (secondary N) is 3. The van der Waals surface area contributed by atoms with Crippen LogP contribution in [0.1, 0.15) is 20.7 Å². The zero-order chi connectivity index (χ0) is 23.3. The Morgan fingerprint density at radius 2 is 1.72 bits per heavy atom. The molecule has 0 aliphatic carbocycles. The molecule has 0 bridgehead atoms. The molecule has 0 radical (unpaired) electrons. The van der Waals surface area contributed by atoms with Crippen LogP contribution in [0.5, 0.6) is 0 Å². The third kappa shape index (κ3) is 5.47. The highest BCUT2D eigenvalue weighted by Gasteiger charge is 2.19. The summed E-state index contributed by atoms with van der Waals surface area (Å²) in [5.41, 5.74) is 0.274. The van der Waals surface area contributed by atoms with E-state index in [1.807, 2.05) is 5.32 Å². The fourth-order valence-electron chi connectivity index (χ4n) is 2.52. The van der Waals surface area contributed by atoms with Crippen LogP contribution in [-0.4, -0.2) is 33.4 Å². The van der Waals surface area contributed by atoms with Gasteiger partial charge in [0.05, 0.1) is 17.6 Å². The quantitative estimate of drug-likeness (QED) is 0.499. The monoisotopic (exact) mass is 477 g/mol. The number of hydrogen-bond acceptors (Lipinski definition) is 7. The molecule has 1 aromatic heterocycles. The van der Waals surface area contributed by atoms with Gasteiger partial charge in [0.15, 0.2) is 0 Å². The van der Waals surface area contributed by atoms with Crippen molar-refractivity contribution in [1.29, 1.82) is 0 Å². The molecule has 9 nitrogen and oxygen atoms in total. The summed E-state index contributed by atoms with van der Waals surface area (Å²) in [4.78, 5) is 35.9. The van der Waals surface area contributed by atoms with Crippen molar-refractivity contribution in [2.75, 3.05) is 17.1 Å². The van der Waals surface area contributed by atoms with E-state index in [1.54, 1.807) is 5.38 Å².